The van der Waals surface area contributed by atoms with E-state index in [4.69, 9.17) is 0 Å². The second kappa shape index (κ2) is 5.89. The van der Waals surface area contributed by atoms with Crippen molar-refractivity contribution in [2.45, 2.75) is 33.0 Å². The van der Waals surface area contributed by atoms with E-state index in [0.29, 0.717) is 0 Å². The van der Waals surface area contributed by atoms with E-state index < -0.39 is 0 Å². The van der Waals surface area contributed by atoms with E-state index in [1.807, 2.05) is 8.78 Å². The topological polar surface area (TPSA) is 0 Å². The predicted octanol–water partition coefficient (Wildman–Crippen LogP) is 3.28. The Morgan fingerprint density at radius 3 is 2.44 bits per heavy atom. The maximum absolute atomic E-state index is 2.37. The molecular weight excluding hydrogens is 242 g/mol. The largest absolute Gasteiger partial charge is 0.208 e. The first-order valence-electron chi connectivity index (χ1n) is 3.45. The molecule has 0 nitrogen and oxygen atoms in total. The number of hydrogen-bond acceptors (Lipinski definition) is 1. The minimum absolute atomic E-state index is 0.886. The zero-order valence-electron chi connectivity index (χ0n) is 6.36. The van der Waals surface area contributed by atoms with Crippen LogP contribution >= 0.6 is 30.0 Å². The van der Waals surface area contributed by atoms with Crippen molar-refractivity contribution in [2.24, 2.45) is 5.92 Å². The van der Waals surface area contributed by atoms with Crippen molar-refractivity contribution >= 4 is 36.5 Å². The molecule has 9 heavy (non-hydrogen) atoms. The van der Waals surface area contributed by atoms with Crippen LogP contribution in [-0.4, -0.2) is 6.56 Å². The summed E-state index contributed by atoms with van der Waals surface area (Å²) in [6.07, 6.45) is 1.32. The third kappa shape index (κ3) is 4.54. The van der Waals surface area contributed by atoms with Gasteiger partial charge in [-0.3, -0.25) is 0 Å². The summed E-state index contributed by atoms with van der Waals surface area (Å²) in [4.78, 5) is 0. The smallest absolute Gasteiger partial charge is 0.145 e. The van der Waals surface area contributed by atoms with Gasteiger partial charge in [0.1, 0.15) is 0 Å². The molecule has 2 atom stereocenters. The Balaban J connectivity index is 3.32. The molecule has 0 spiro atoms. The van der Waals surface area contributed by atoms with Crippen molar-refractivity contribution < 1.29 is 0 Å². The van der Waals surface area contributed by atoms with E-state index in [2.05, 4.69) is 42.0 Å². The van der Waals surface area contributed by atoms with Gasteiger partial charge in [-0.2, -0.15) is 0 Å². The maximum Gasteiger partial charge on any atom is 0.208 e. The first-order valence-corrected chi connectivity index (χ1v) is 6.98. The number of halogens is 1. The highest BCUT2D eigenvalue weighted by molar-refractivity contribution is 14.2. The van der Waals surface area contributed by atoms with Crippen LogP contribution in [0.15, 0.2) is 0 Å². The normalized spacial score (nSPS) is 16.9. The summed E-state index contributed by atoms with van der Waals surface area (Å²) in [6, 6.07) is 0. The third-order valence-corrected chi connectivity index (χ3v) is 3.67. The van der Waals surface area contributed by atoms with Gasteiger partial charge in [0, 0.05) is 0 Å². The van der Waals surface area contributed by atoms with Crippen LogP contribution in [-0.2, 0) is 0 Å². The van der Waals surface area contributed by atoms with E-state index in [1.54, 1.807) is 0 Å². The quantitative estimate of drug-likeness (QED) is 0.549. The molecule has 0 heterocycles. The van der Waals surface area contributed by atoms with Crippen molar-refractivity contribution in [3.8, 4) is 0 Å². The Hall–Kier alpha value is 1.14. The van der Waals surface area contributed by atoms with Crippen molar-refractivity contribution in [3.63, 3.8) is 0 Å². The van der Waals surface area contributed by atoms with Crippen molar-refractivity contribution in [1.82, 2.24) is 0 Å². The molecule has 0 aliphatic heterocycles. The molecular formula is C6H14BIS. The summed E-state index contributed by atoms with van der Waals surface area (Å²) in [7, 11) is 1.92. The zero-order valence-corrected chi connectivity index (χ0v) is 9.33. The van der Waals surface area contributed by atoms with E-state index >= 15 is 0 Å². The van der Waals surface area contributed by atoms with Gasteiger partial charge in [-0.1, -0.05) is 33.0 Å². The van der Waals surface area contributed by atoms with Crippen LogP contribution in [0.1, 0.15) is 27.2 Å². The van der Waals surface area contributed by atoms with Gasteiger partial charge in [-0.15, -0.1) is 8.78 Å². The second-order valence-electron chi connectivity index (χ2n) is 2.64. The van der Waals surface area contributed by atoms with Gasteiger partial charge in [-0.25, -0.2) is 0 Å². The summed E-state index contributed by atoms with van der Waals surface area (Å²) in [5.74, 6) is 1.78. The second-order valence-corrected chi connectivity index (χ2v) is 5.06. The van der Waals surface area contributed by atoms with Gasteiger partial charge in [-0.05, 0) is 27.1 Å². The Kier molecular flexibility index (Phi) is 6.64. The molecule has 0 aromatic rings. The summed E-state index contributed by atoms with van der Waals surface area (Å²) < 4.78 is 0. The molecule has 54 valence electrons. The molecule has 0 aromatic heterocycles. The van der Waals surface area contributed by atoms with Crippen LogP contribution in [0.5, 0.6) is 0 Å². The molecule has 0 amide bonds. The third-order valence-electron chi connectivity index (χ3n) is 1.94. The Labute approximate surface area is 75.3 Å². The molecule has 0 aromatic carbocycles. The fraction of sp³-hybridized carbons (Fsp3) is 1.00. The van der Waals surface area contributed by atoms with Crippen molar-refractivity contribution in [2.75, 3.05) is 0 Å². The Bertz CT molecular complexity index is 70.1. The number of rotatable bonds is 4. The lowest BCUT2D eigenvalue weighted by Crippen LogP contribution is -2.04. The first kappa shape index (κ1) is 10.1. The lowest BCUT2D eigenvalue weighted by molar-refractivity contribution is 0.543. The molecule has 0 saturated heterocycles. The molecule has 0 radical (unpaired) electrons. The minimum Gasteiger partial charge on any atom is -0.145 e. The SMILES string of the molecule is CCC(C)C(C)BSI. The molecule has 0 fully saturated rings. The first-order chi connectivity index (χ1) is 4.22. The van der Waals surface area contributed by atoms with Gasteiger partial charge < -0.3 is 0 Å². The number of hydrogen-bond donors (Lipinski definition) is 0. The lowest BCUT2D eigenvalue weighted by Gasteiger charge is -2.14. The zero-order chi connectivity index (χ0) is 7.28. The van der Waals surface area contributed by atoms with E-state index in [1.165, 1.54) is 13.0 Å². The van der Waals surface area contributed by atoms with Gasteiger partial charge >= 0.3 is 0 Å². The fourth-order valence-corrected chi connectivity index (χ4v) is 2.89. The van der Waals surface area contributed by atoms with Crippen molar-refractivity contribution in [1.29, 1.82) is 0 Å². The molecule has 2 unspecified atom stereocenters. The van der Waals surface area contributed by atoms with Gasteiger partial charge in [0.25, 0.3) is 0 Å². The predicted molar refractivity (Wildman–Crippen MR) is 57.6 cm³/mol. The van der Waals surface area contributed by atoms with Gasteiger partial charge in [0.2, 0.25) is 6.56 Å². The molecule has 0 N–H and O–H groups in total. The highest BCUT2D eigenvalue weighted by Gasteiger charge is 2.10. The highest BCUT2D eigenvalue weighted by atomic mass is 127. The van der Waals surface area contributed by atoms with Gasteiger partial charge in [0.05, 0.1) is 0 Å². The summed E-state index contributed by atoms with van der Waals surface area (Å²) in [6.45, 7) is 8.23. The monoisotopic (exact) mass is 256 g/mol. The fourth-order valence-electron chi connectivity index (χ4n) is 0.666. The maximum atomic E-state index is 2.37. The summed E-state index contributed by atoms with van der Waals surface area (Å²) >= 11 is 2.37. The van der Waals surface area contributed by atoms with E-state index in [0.717, 1.165) is 11.7 Å². The minimum atomic E-state index is 0.886. The molecule has 3 heteroatoms. The molecule has 0 rings (SSSR count). The summed E-state index contributed by atoms with van der Waals surface area (Å²) in [5, 5.41) is 0. The lowest BCUT2D eigenvalue weighted by atomic mass is 9.77. The summed E-state index contributed by atoms with van der Waals surface area (Å²) in [5.41, 5.74) is 0. The molecule has 0 aliphatic rings. The van der Waals surface area contributed by atoms with Crippen LogP contribution in [0, 0.1) is 5.92 Å². The Morgan fingerprint density at radius 1 is 1.56 bits per heavy atom. The van der Waals surface area contributed by atoms with Crippen LogP contribution in [0.25, 0.3) is 0 Å². The molecule has 0 bridgehead atoms. The van der Waals surface area contributed by atoms with Crippen LogP contribution < -0.4 is 0 Å². The van der Waals surface area contributed by atoms with Crippen LogP contribution in [0.4, 0.5) is 0 Å². The van der Waals surface area contributed by atoms with E-state index in [-0.39, 0.29) is 0 Å². The van der Waals surface area contributed by atoms with Crippen molar-refractivity contribution in [3.05, 3.63) is 0 Å². The molecule has 0 saturated carbocycles. The van der Waals surface area contributed by atoms with Crippen LogP contribution in [0.2, 0.25) is 5.82 Å². The van der Waals surface area contributed by atoms with Gasteiger partial charge in [0.15, 0.2) is 0 Å². The van der Waals surface area contributed by atoms with Crippen LogP contribution in [0.3, 0.4) is 0 Å². The standard InChI is InChI=1S/C6H14BIS/c1-4-5(2)6(3)7-9-8/h5-7H,4H2,1-3H3. The van der Waals surface area contributed by atoms with E-state index in [9.17, 15) is 0 Å². The molecule has 0 aliphatic carbocycles. The Morgan fingerprint density at radius 2 is 2.11 bits per heavy atom. The highest BCUT2D eigenvalue weighted by Crippen LogP contribution is 2.25. The average Bonchev–Trinajstić information content (AvgIpc) is 1.87. The average molecular weight is 256 g/mol.